The average Bonchev–Trinajstić information content (AvgIpc) is 2.48. The zero-order valence-electron chi connectivity index (χ0n) is 12.2. The molecule has 0 aliphatic heterocycles. The minimum absolute atomic E-state index is 0.0561. The maximum absolute atomic E-state index is 11.8. The number of benzene rings is 2. The monoisotopic (exact) mass is 281 g/mol. The maximum atomic E-state index is 11.8. The van der Waals surface area contributed by atoms with Gasteiger partial charge in [0.25, 0.3) is 0 Å². The Balaban J connectivity index is 2.00. The van der Waals surface area contributed by atoms with Gasteiger partial charge < -0.3 is 10.4 Å². The van der Waals surface area contributed by atoms with Crippen LogP contribution >= 0.6 is 0 Å². The van der Waals surface area contributed by atoms with Crippen LogP contribution in [0.2, 0.25) is 0 Å². The summed E-state index contributed by atoms with van der Waals surface area (Å²) in [6.07, 6.45) is 3.20. The van der Waals surface area contributed by atoms with E-state index < -0.39 is 0 Å². The van der Waals surface area contributed by atoms with E-state index in [1.54, 1.807) is 24.3 Å². The summed E-state index contributed by atoms with van der Waals surface area (Å²) in [4.78, 5) is 11.8. The van der Waals surface area contributed by atoms with Crippen molar-refractivity contribution in [3.8, 4) is 5.75 Å². The zero-order valence-corrected chi connectivity index (χ0v) is 12.2. The molecule has 0 fully saturated rings. The number of para-hydroxylation sites is 2. The molecule has 0 saturated carbocycles. The van der Waals surface area contributed by atoms with E-state index in [2.05, 4.69) is 31.3 Å². The van der Waals surface area contributed by atoms with Gasteiger partial charge in [-0.2, -0.15) is 0 Å². The minimum Gasteiger partial charge on any atom is -0.506 e. The summed E-state index contributed by atoms with van der Waals surface area (Å²) < 4.78 is 0. The predicted molar refractivity (Wildman–Crippen MR) is 86.3 cm³/mol. The lowest BCUT2D eigenvalue weighted by molar-refractivity contribution is -0.111. The van der Waals surface area contributed by atoms with Crippen molar-refractivity contribution in [1.29, 1.82) is 0 Å². The molecule has 1 amide bonds. The molecule has 0 heterocycles. The number of carbonyl (C=O) groups is 1. The molecule has 2 aromatic carbocycles. The molecule has 0 bridgehead atoms. The van der Waals surface area contributed by atoms with Crippen LogP contribution < -0.4 is 5.32 Å². The molecule has 0 aliphatic rings. The lowest BCUT2D eigenvalue weighted by Gasteiger charge is -2.05. The third kappa shape index (κ3) is 4.21. The van der Waals surface area contributed by atoms with Gasteiger partial charge in [0, 0.05) is 6.08 Å². The molecule has 0 unspecified atom stereocenters. The van der Waals surface area contributed by atoms with Gasteiger partial charge in [0.05, 0.1) is 5.69 Å². The van der Waals surface area contributed by atoms with Gasteiger partial charge in [0.2, 0.25) is 5.91 Å². The molecule has 2 rings (SSSR count). The number of anilines is 1. The highest BCUT2D eigenvalue weighted by molar-refractivity contribution is 6.02. The van der Waals surface area contributed by atoms with Crippen LogP contribution in [0.3, 0.4) is 0 Å². The summed E-state index contributed by atoms with van der Waals surface area (Å²) in [5.74, 6) is 0.275. The van der Waals surface area contributed by atoms with Gasteiger partial charge in [-0.1, -0.05) is 50.2 Å². The van der Waals surface area contributed by atoms with E-state index in [-0.39, 0.29) is 11.7 Å². The Hall–Kier alpha value is -2.55. The van der Waals surface area contributed by atoms with Crippen molar-refractivity contribution in [2.75, 3.05) is 5.32 Å². The van der Waals surface area contributed by atoms with Crippen molar-refractivity contribution in [1.82, 2.24) is 0 Å². The van der Waals surface area contributed by atoms with Gasteiger partial charge in [-0.15, -0.1) is 0 Å². The molecule has 3 heteroatoms. The van der Waals surface area contributed by atoms with Crippen molar-refractivity contribution in [2.45, 2.75) is 19.8 Å². The Morgan fingerprint density at radius 3 is 2.38 bits per heavy atom. The molecule has 21 heavy (non-hydrogen) atoms. The molecule has 0 spiro atoms. The maximum Gasteiger partial charge on any atom is 0.248 e. The number of phenols is 1. The first-order valence-electron chi connectivity index (χ1n) is 6.93. The number of amides is 1. The van der Waals surface area contributed by atoms with Crippen LogP contribution in [0.4, 0.5) is 5.69 Å². The number of hydrogen-bond donors (Lipinski definition) is 2. The van der Waals surface area contributed by atoms with Gasteiger partial charge in [-0.25, -0.2) is 0 Å². The molecule has 0 aliphatic carbocycles. The SMILES string of the molecule is CC(C)c1ccc(/C=C/C(=O)Nc2ccccc2O)cc1. The number of hydrogen-bond acceptors (Lipinski definition) is 2. The minimum atomic E-state index is -0.274. The van der Waals surface area contributed by atoms with E-state index in [0.717, 1.165) is 5.56 Å². The second-order valence-electron chi connectivity index (χ2n) is 5.16. The Kier molecular flexibility index (Phi) is 4.77. The molecule has 2 aromatic rings. The zero-order chi connectivity index (χ0) is 15.2. The largest absolute Gasteiger partial charge is 0.506 e. The van der Waals surface area contributed by atoms with E-state index in [0.29, 0.717) is 11.6 Å². The second kappa shape index (κ2) is 6.75. The number of nitrogens with one attached hydrogen (secondary N) is 1. The predicted octanol–water partition coefficient (Wildman–Crippen LogP) is 4.17. The van der Waals surface area contributed by atoms with Crippen LogP contribution in [-0.4, -0.2) is 11.0 Å². The van der Waals surface area contributed by atoms with Gasteiger partial charge in [0.1, 0.15) is 5.75 Å². The van der Waals surface area contributed by atoms with Crippen LogP contribution in [-0.2, 0) is 4.79 Å². The number of rotatable bonds is 4. The first-order valence-corrected chi connectivity index (χ1v) is 6.93. The Morgan fingerprint density at radius 1 is 1.10 bits per heavy atom. The average molecular weight is 281 g/mol. The molecule has 0 radical (unpaired) electrons. The summed E-state index contributed by atoms with van der Waals surface area (Å²) in [6, 6.07) is 14.7. The number of aromatic hydroxyl groups is 1. The Morgan fingerprint density at radius 2 is 1.76 bits per heavy atom. The fraction of sp³-hybridized carbons (Fsp3) is 0.167. The number of phenolic OH excluding ortho intramolecular Hbond substituents is 1. The molecule has 0 aromatic heterocycles. The first-order chi connectivity index (χ1) is 10.1. The van der Waals surface area contributed by atoms with Gasteiger partial charge >= 0.3 is 0 Å². The second-order valence-corrected chi connectivity index (χ2v) is 5.16. The fourth-order valence-electron chi connectivity index (χ4n) is 1.92. The van der Waals surface area contributed by atoms with Crippen LogP contribution in [0.1, 0.15) is 30.9 Å². The number of carbonyl (C=O) groups excluding carboxylic acids is 1. The molecular weight excluding hydrogens is 262 g/mol. The van der Waals surface area contributed by atoms with E-state index in [4.69, 9.17) is 0 Å². The van der Waals surface area contributed by atoms with Crippen LogP contribution in [0.25, 0.3) is 6.08 Å². The first kappa shape index (κ1) is 14.9. The molecule has 3 nitrogen and oxygen atoms in total. The topological polar surface area (TPSA) is 49.3 Å². The summed E-state index contributed by atoms with van der Waals surface area (Å²) in [5, 5.41) is 12.2. The molecule has 108 valence electrons. The Labute approximate surface area is 124 Å². The lowest BCUT2D eigenvalue weighted by atomic mass is 10.0. The summed E-state index contributed by atoms with van der Waals surface area (Å²) in [6.45, 7) is 4.29. The fourth-order valence-corrected chi connectivity index (χ4v) is 1.92. The van der Waals surface area contributed by atoms with Crippen molar-refractivity contribution < 1.29 is 9.90 Å². The van der Waals surface area contributed by atoms with E-state index in [1.807, 2.05) is 12.1 Å². The van der Waals surface area contributed by atoms with Gasteiger partial charge in [0.15, 0.2) is 0 Å². The van der Waals surface area contributed by atoms with E-state index >= 15 is 0 Å². The Bertz CT molecular complexity index is 643. The highest BCUT2D eigenvalue weighted by Gasteiger charge is 2.02. The summed E-state index contributed by atoms with van der Waals surface area (Å²) >= 11 is 0. The molecular formula is C18H19NO2. The van der Waals surface area contributed by atoms with Crippen molar-refractivity contribution in [2.24, 2.45) is 0 Å². The van der Waals surface area contributed by atoms with Gasteiger partial charge in [-0.3, -0.25) is 4.79 Å². The standard InChI is InChI=1S/C18H19NO2/c1-13(2)15-10-7-14(8-11-15)9-12-18(21)19-16-5-3-4-6-17(16)20/h3-13,20H,1-2H3,(H,19,21)/b12-9+. The van der Waals surface area contributed by atoms with E-state index in [1.165, 1.54) is 17.7 Å². The lowest BCUT2D eigenvalue weighted by Crippen LogP contribution is -2.07. The van der Waals surface area contributed by atoms with E-state index in [9.17, 15) is 9.90 Å². The summed E-state index contributed by atoms with van der Waals surface area (Å²) in [7, 11) is 0. The summed E-state index contributed by atoms with van der Waals surface area (Å²) in [5.41, 5.74) is 2.64. The molecule has 2 N–H and O–H groups in total. The van der Waals surface area contributed by atoms with Crippen LogP contribution in [0.15, 0.2) is 54.6 Å². The van der Waals surface area contributed by atoms with Crippen molar-refractivity contribution >= 4 is 17.7 Å². The quantitative estimate of drug-likeness (QED) is 0.653. The van der Waals surface area contributed by atoms with Crippen LogP contribution in [0, 0.1) is 0 Å². The normalized spacial score (nSPS) is 11.0. The third-order valence-corrected chi connectivity index (χ3v) is 3.19. The molecule has 0 atom stereocenters. The van der Waals surface area contributed by atoms with Crippen molar-refractivity contribution in [3.05, 3.63) is 65.7 Å². The highest BCUT2D eigenvalue weighted by Crippen LogP contribution is 2.21. The highest BCUT2D eigenvalue weighted by atomic mass is 16.3. The smallest absolute Gasteiger partial charge is 0.248 e. The molecule has 0 saturated heterocycles. The third-order valence-electron chi connectivity index (χ3n) is 3.19. The van der Waals surface area contributed by atoms with Crippen molar-refractivity contribution in [3.63, 3.8) is 0 Å². The van der Waals surface area contributed by atoms with Crippen LogP contribution in [0.5, 0.6) is 5.75 Å². The van der Waals surface area contributed by atoms with Gasteiger partial charge in [-0.05, 0) is 35.3 Å².